The molecule has 136 valence electrons. The molecule has 1 saturated heterocycles. The van der Waals surface area contributed by atoms with Crippen LogP contribution < -0.4 is 0 Å². The highest BCUT2D eigenvalue weighted by Gasteiger charge is 2.33. The number of likely N-dealkylation sites (tertiary alicyclic amines) is 1. The Balaban J connectivity index is 1.88. The zero-order valence-electron chi connectivity index (χ0n) is 15.4. The van der Waals surface area contributed by atoms with Crippen LogP contribution >= 0.6 is 0 Å². The Labute approximate surface area is 153 Å². The van der Waals surface area contributed by atoms with Gasteiger partial charge in [0.2, 0.25) is 0 Å². The van der Waals surface area contributed by atoms with E-state index in [1.165, 1.54) is 18.2 Å². The molecule has 1 amide bonds. The maximum Gasteiger partial charge on any atom is 0.254 e. The van der Waals surface area contributed by atoms with E-state index in [9.17, 15) is 9.90 Å². The second kappa shape index (κ2) is 7.70. The van der Waals surface area contributed by atoms with Gasteiger partial charge in [0.15, 0.2) is 0 Å². The summed E-state index contributed by atoms with van der Waals surface area (Å²) in [7, 11) is 1.49. The molecule has 1 aliphatic heterocycles. The molecule has 0 saturated carbocycles. The molecule has 1 atom stereocenters. The van der Waals surface area contributed by atoms with E-state index in [4.69, 9.17) is 4.84 Å². The maximum absolute atomic E-state index is 13.0. The molecule has 0 radical (unpaired) electrons. The van der Waals surface area contributed by atoms with E-state index < -0.39 is 0 Å². The van der Waals surface area contributed by atoms with Crippen LogP contribution in [0, 0.1) is 13.8 Å². The number of amides is 1. The Morgan fingerprint density at radius 3 is 2.58 bits per heavy atom. The molecule has 26 heavy (non-hydrogen) atoms. The topological polar surface area (TPSA) is 62.1 Å². The predicted molar refractivity (Wildman–Crippen MR) is 102 cm³/mol. The molecule has 2 aromatic carbocycles. The van der Waals surface area contributed by atoms with Gasteiger partial charge in [-0.3, -0.25) is 4.79 Å². The van der Waals surface area contributed by atoms with Crippen molar-refractivity contribution in [3.63, 3.8) is 0 Å². The fourth-order valence-corrected chi connectivity index (χ4v) is 3.51. The summed E-state index contributed by atoms with van der Waals surface area (Å²) in [4.78, 5) is 19.4. The molecule has 1 fully saturated rings. The fraction of sp³-hybridized carbons (Fsp3) is 0.333. The number of benzene rings is 2. The van der Waals surface area contributed by atoms with Gasteiger partial charge in [-0.25, -0.2) is 0 Å². The quantitative estimate of drug-likeness (QED) is 0.860. The highest BCUT2D eigenvalue weighted by Crippen LogP contribution is 2.28. The van der Waals surface area contributed by atoms with Crippen molar-refractivity contribution >= 4 is 11.6 Å². The summed E-state index contributed by atoms with van der Waals surface area (Å²) in [5, 5.41) is 13.5. The van der Waals surface area contributed by atoms with Gasteiger partial charge in [-0.15, -0.1) is 0 Å². The van der Waals surface area contributed by atoms with Crippen molar-refractivity contribution in [2.75, 3.05) is 20.3 Å². The molecule has 0 aliphatic carbocycles. The van der Waals surface area contributed by atoms with E-state index in [-0.39, 0.29) is 18.6 Å². The molecule has 0 bridgehead atoms. The van der Waals surface area contributed by atoms with Crippen LogP contribution in [0.15, 0.2) is 47.6 Å². The van der Waals surface area contributed by atoms with Crippen LogP contribution in [-0.2, 0) is 4.84 Å². The number of carbonyl (C=O) groups is 1. The molecule has 5 nitrogen and oxygen atoms in total. The third kappa shape index (κ3) is 3.48. The van der Waals surface area contributed by atoms with Crippen molar-refractivity contribution in [3.05, 3.63) is 59.2 Å². The summed E-state index contributed by atoms with van der Waals surface area (Å²) in [6.45, 7) is 4.40. The molecule has 0 spiro atoms. The maximum atomic E-state index is 13.0. The first-order chi connectivity index (χ1) is 12.5. The van der Waals surface area contributed by atoms with Gasteiger partial charge in [-0.05, 0) is 48.2 Å². The minimum Gasteiger partial charge on any atom is -0.399 e. The molecule has 1 aliphatic rings. The van der Waals surface area contributed by atoms with Crippen molar-refractivity contribution in [2.45, 2.75) is 26.3 Å². The van der Waals surface area contributed by atoms with Gasteiger partial charge in [0.1, 0.15) is 7.11 Å². The number of nitrogens with zero attached hydrogens (tertiary/aromatic N) is 2. The van der Waals surface area contributed by atoms with Crippen LogP contribution in [0.25, 0.3) is 11.1 Å². The fourth-order valence-electron chi connectivity index (χ4n) is 3.51. The van der Waals surface area contributed by atoms with Gasteiger partial charge < -0.3 is 14.8 Å². The first-order valence-corrected chi connectivity index (χ1v) is 8.72. The van der Waals surface area contributed by atoms with Crippen LogP contribution in [-0.4, -0.2) is 47.9 Å². The lowest BCUT2D eigenvalue weighted by Gasteiger charge is -2.23. The summed E-state index contributed by atoms with van der Waals surface area (Å²) in [6.07, 6.45) is 0.538. The first kappa shape index (κ1) is 18.1. The van der Waals surface area contributed by atoms with Crippen molar-refractivity contribution < 1.29 is 14.7 Å². The number of aryl methyl sites for hydroxylation is 2. The van der Waals surface area contributed by atoms with Crippen molar-refractivity contribution in [2.24, 2.45) is 5.16 Å². The van der Waals surface area contributed by atoms with Crippen LogP contribution in [0.4, 0.5) is 0 Å². The summed E-state index contributed by atoms with van der Waals surface area (Å²) < 4.78 is 0. The van der Waals surface area contributed by atoms with Gasteiger partial charge in [-0.2, -0.15) is 0 Å². The van der Waals surface area contributed by atoms with Gasteiger partial charge >= 0.3 is 0 Å². The van der Waals surface area contributed by atoms with E-state index >= 15 is 0 Å². The molecule has 2 aromatic rings. The highest BCUT2D eigenvalue weighted by molar-refractivity contribution is 6.01. The highest BCUT2D eigenvalue weighted by atomic mass is 16.6. The molecule has 3 rings (SSSR count). The summed E-state index contributed by atoms with van der Waals surface area (Å²) in [5.41, 5.74) is 5.95. The molecular formula is C21H24N2O3. The molecule has 1 N–H and O–H groups in total. The largest absolute Gasteiger partial charge is 0.399 e. The van der Waals surface area contributed by atoms with E-state index in [0.717, 1.165) is 16.8 Å². The van der Waals surface area contributed by atoms with Gasteiger partial charge in [0, 0.05) is 12.0 Å². The number of hydrogen-bond acceptors (Lipinski definition) is 4. The molecule has 0 unspecified atom stereocenters. The lowest BCUT2D eigenvalue weighted by atomic mass is 9.95. The summed E-state index contributed by atoms with van der Waals surface area (Å²) in [5.74, 6) is -0.0928. The molecule has 0 aromatic heterocycles. The molecule has 5 heteroatoms. The average Bonchev–Trinajstić information content (AvgIpc) is 3.05. The minimum atomic E-state index is -0.257. The van der Waals surface area contributed by atoms with Gasteiger partial charge in [0.25, 0.3) is 5.91 Å². The lowest BCUT2D eigenvalue weighted by Crippen LogP contribution is -2.37. The van der Waals surface area contributed by atoms with Crippen LogP contribution in [0.3, 0.4) is 0 Å². The van der Waals surface area contributed by atoms with Crippen LogP contribution in [0.5, 0.6) is 0 Å². The predicted octanol–water partition coefficient (Wildman–Crippen LogP) is 3.18. The average molecular weight is 352 g/mol. The number of rotatable bonds is 4. The third-order valence-corrected chi connectivity index (χ3v) is 4.87. The minimum absolute atomic E-state index is 0.0885. The Kier molecular flexibility index (Phi) is 5.38. The van der Waals surface area contributed by atoms with E-state index in [2.05, 4.69) is 24.2 Å². The van der Waals surface area contributed by atoms with Gasteiger partial charge in [0.05, 0.1) is 24.9 Å². The number of aliphatic hydroxyl groups excluding tert-OH is 1. The smallest absolute Gasteiger partial charge is 0.254 e. The van der Waals surface area contributed by atoms with Crippen molar-refractivity contribution in [1.82, 2.24) is 4.90 Å². The third-order valence-electron chi connectivity index (χ3n) is 4.87. The number of hydrogen-bond donors (Lipinski definition) is 1. The van der Waals surface area contributed by atoms with E-state index in [1.54, 1.807) is 4.90 Å². The second-order valence-electron chi connectivity index (χ2n) is 6.66. The van der Waals surface area contributed by atoms with E-state index in [0.29, 0.717) is 18.5 Å². The zero-order valence-corrected chi connectivity index (χ0v) is 15.4. The normalized spacial score (nSPS) is 18.4. The SMILES string of the molecule is CO/N=C1\C[C@@H](CO)N(C(=O)c2ccc(-c3ccccc3C)c(C)c2)C1. The molecule has 1 heterocycles. The monoisotopic (exact) mass is 352 g/mol. The standard InChI is InChI=1S/C21H24N2O3/c1-14-6-4-5-7-19(14)20-9-8-16(10-15(20)2)21(25)23-12-17(22-26-3)11-18(23)13-24/h4-10,18,24H,11-13H2,1-3H3/b22-17+/t18-/m0/s1. The Hall–Kier alpha value is -2.66. The number of oxime groups is 1. The Morgan fingerprint density at radius 1 is 1.19 bits per heavy atom. The second-order valence-corrected chi connectivity index (χ2v) is 6.66. The molecular weight excluding hydrogens is 328 g/mol. The summed E-state index contributed by atoms with van der Waals surface area (Å²) >= 11 is 0. The van der Waals surface area contributed by atoms with E-state index in [1.807, 2.05) is 37.3 Å². The van der Waals surface area contributed by atoms with Crippen molar-refractivity contribution in [1.29, 1.82) is 0 Å². The number of aliphatic hydroxyl groups is 1. The van der Waals surface area contributed by atoms with Crippen molar-refractivity contribution in [3.8, 4) is 11.1 Å². The Morgan fingerprint density at radius 2 is 1.92 bits per heavy atom. The van der Waals surface area contributed by atoms with Crippen LogP contribution in [0.1, 0.15) is 27.9 Å². The van der Waals surface area contributed by atoms with Gasteiger partial charge in [-0.1, -0.05) is 35.5 Å². The Bertz CT molecular complexity index is 845. The summed E-state index contributed by atoms with van der Waals surface area (Å²) in [6, 6.07) is 13.7. The van der Waals surface area contributed by atoms with Crippen LogP contribution in [0.2, 0.25) is 0 Å². The number of carbonyl (C=O) groups excluding carboxylic acids is 1. The lowest BCUT2D eigenvalue weighted by molar-refractivity contribution is 0.0680. The first-order valence-electron chi connectivity index (χ1n) is 8.72. The zero-order chi connectivity index (χ0) is 18.7.